The summed E-state index contributed by atoms with van der Waals surface area (Å²) >= 11 is 0. The lowest BCUT2D eigenvalue weighted by Gasteiger charge is -2.24. The zero-order valence-corrected chi connectivity index (χ0v) is 13.0. The Morgan fingerprint density at radius 2 is 1.95 bits per heavy atom. The molecule has 1 rings (SSSR count). The topological polar surface area (TPSA) is 92.5 Å². The van der Waals surface area contributed by atoms with Crippen LogP contribution in [0.2, 0.25) is 0 Å². The summed E-state index contributed by atoms with van der Waals surface area (Å²) in [4.78, 5) is 40.6. The second-order valence-electron chi connectivity index (χ2n) is 5.01. The molecule has 0 aromatic carbocycles. The summed E-state index contributed by atoms with van der Waals surface area (Å²) in [5.74, 6) is -1.22. The Balaban J connectivity index is 3.39. The molecular weight excluding hydrogens is 274 g/mol. The van der Waals surface area contributed by atoms with Gasteiger partial charge in [-0.3, -0.25) is 14.2 Å². The number of likely N-dealkylation sites (N-methyl/N-ethyl adjacent to an activating group) is 1. The van der Waals surface area contributed by atoms with Gasteiger partial charge in [0.1, 0.15) is 6.04 Å². The van der Waals surface area contributed by atoms with Gasteiger partial charge >= 0.3 is 11.7 Å². The minimum atomic E-state index is -1.00. The van der Waals surface area contributed by atoms with E-state index >= 15 is 0 Å². The lowest BCUT2D eigenvalue weighted by Crippen LogP contribution is -2.39. The molecule has 1 aromatic heterocycles. The fourth-order valence-corrected chi connectivity index (χ4v) is 2.26. The quantitative estimate of drug-likeness (QED) is 0.855. The summed E-state index contributed by atoms with van der Waals surface area (Å²) < 4.78 is 1.26. The maximum absolute atomic E-state index is 12.2. The second kappa shape index (κ2) is 6.51. The van der Waals surface area contributed by atoms with Crippen LogP contribution in [0.5, 0.6) is 0 Å². The molecule has 7 nitrogen and oxygen atoms in total. The van der Waals surface area contributed by atoms with Gasteiger partial charge in [-0.25, -0.2) is 4.79 Å². The molecule has 1 N–H and O–H groups in total. The molecule has 7 heteroatoms. The lowest BCUT2D eigenvalue weighted by molar-refractivity contribution is -0.136. The summed E-state index contributed by atoms with van der Waals surface area (Å²) in [7, 11) is 1.65. The molecule has 21 heavy (non-hydrogen) atoms. The number of aliphatic carboxylic acids is 1. The number of carboxylic acids is 1. The van der Waals surface area contributed by atoms with Gasteiger partial charge in [0.15, 0.2) is 0 Å². The molecule has 0 aliphatic rings. The molecule has 1 unspecified atom stereocenters. The number of aryl methyl sites for hydroxylation is 1. The predicted octanol–water partition coefficient (Wildman–Crippen LogP) is 0.527. The molecule has 0 aliphatic carbocycles. The van der Waals surface area contributed by atoms with Crippen LogP contribution < -0.4 is 5.69 Å². The number of carbonyl (C=O) groups is 2. The Morgan fingerprint density at radius 3 is 2.43 bits per heavy atom. The third-order valence-corrected chi connectivity index (χ3v) is 3.63. The van der Waals surface area contributed by atoms with E-state index in [4.69, 9.17) is 5.11 Å². The van der Waals surface area contributed by atoms with Gasteiger partial charge in [-0.15, -0.1) is 0 Å². The summed E-state index contributed by atoms with van der Waals surface area (Å²) in [5, 5.41) is 8.96. The molecule has 0 bridgehead atoms. The molecule has 0 saturated heterocycles. The van der Waals surface area contributed by atoms with Crippen LogP contribution in [0.25, 0.3) is 0 Å². The molecule has 0 radical (unpaired) electrons. The van der Waals surface area contributed by atoms with E-state index in [1.54, 1.807) is 27.8 Å². The van der Waals surface area contributed by atoms with Gasteiger partial charge in [-0.05, 0) is 27.7 Å². The van der Waals surface area contributed by atoms with Gasteiger partial charge in [-0.1, -0.05) is 0 Å². The number of carboxylic acid groups (broad SMARTS) is 1. The van der Waals surface area contributed by atoms with Crippen LogP contribution in [0.4, 0.5) is 0 Å². The van der Waals surface area contributed by atoms with Gasteiger partial charge in [0.05, 0.1) is 6.42 Å². The smallest absolute Gasteiger partial charge is 0.348 e. The minimum absolute atomic E-state index is 0.213. The minimum Gasteiger partial charge on any atom is -0.481 e. The van der Waals surface area contributed by atoms with Crippen molar-refractivity contribution in [3.05, 3.63) is 27.4 Å². The van der Waals surface area contributed by atoms with Crippen molar-refractivity contribution in [3.8, 4) is 0 Å². The summed E-state index contributed by atoms with van der Waals surface area (Å²) in [6.07, 6.45) is -0.227. The highest BCUT2D eigenvalue weighted by molar-refractivity contribution is 5.80. The van der Waals surface area contributed by atoms with E-state index in [9.17, 15) is 14.4 Å². The maximum atomic E-state index is 12.2. The molecule has 1 heterocycles. The fourth-order valence-electron chi connectivity index (χ4n) is 2.26. The van der Waals surface area contributed by atoms with E-state index in [0.717, 1.165) is 0 Å². The van der Waals surface area contributed by atoms with E-state index in [2.05, 4.69) is 4.98 Å². The average molecular weight is 295 g/mol. The highest BCUT2D eigenvalue weighted by Crippen LogP contribution is 2.16. The summed E-state index contributed by atoms with van der Waals surface area (Å²) in [6.45, 7) is 7.22. The normalized spacial score (nSPS) is 12.0. The third kappa shape index (κ3) is 3.48. The van der Waals surface area contributed by atoms with E-state index in [-0.39, 0.29) is 12.3 Å². The molecule has 0 aliphatic heterocycles. The van der Waals surface area contributed by atoms with Crippen molar-refractivity contribution in [3.63, 3.8) is 0 Å². The first kappa shape index (κ1) is 16.9. The first-order valence-electron chi connectivity index (χ1n) is 6.76. The van der Waals surface area contributed by atoms with Crippen molar-refractivity contribution in [2.75, 3.05) is 13.6 Å². The van der Waals surface area contributed by atoms with E-state index in [1.807, 2.05) is 6.92 Å². The van der Waals surface area contributed by atoms with Crippen LogP contribution in [-0.2, 0) is 16.0 Å². The number of amides is 1. The summed E-state index contributed by atoms with van der Waals surface area (Å²) in [6, 6.07) is -0.719. The zero-order chi connectivity index (χ0) is 16.3. The highest BCUT2D eigenvalue weighted by Gasteiger charge is 2.23. The zero-order valence-electron chi connectivity index (χ0n) is 13.0. The second-order valence-corrected chi connectivity index (χ2v) is 5.01. The number of nitrogens with zero attached hydrogens (tertiary/aromatic N) is 3. The molecule has 0 spiro atoms. The van der Waals surface area contributed by atoms with Crippen molar-refractivity contribution in [2.24, 2.45) is 0 Å². The van der Waals surface area contributed by atoms with Gasteiger partial charge in [0, 0.05) is 30.5 Å². The van der Waals surface area contributed by atoms with Gasteiger partial charge in [-0.2, -0.15) is 4.98 Å². The Morgan fingerprint density at radius 1 is 1.38 bits per heavy atom. The van der Waals surface area contributed by atoms with Crippen molar-refractivity contribution >= 4 is 11.9 Å². The SMILES string of the molecule is CCN(C)C(=O)C(C)n1c(C)c(CC(=O)O)c(C)nc1=O. The van der Waals surface area contributed by atoms with E-state index in [0.29, 0.717) is 23.5 Å². The number of hydrogen-bond donors (Lipinski definition) is 1. The number of hydrogen-bond acceptors (Lipinski definition) is 4. The first-order chi connectivity index (χ1) is 9.70. The molecule has 116 valence electrons. The summed E-state index contributed by atoms with van der Waals surface area (Å²) in [5.41, 5.74) is 0.797. The first-order valence-corrected chi connectivity index (χ1v) is 6.76. The number of carbonyl (C=O) groups excluding carboxylic acids is 1. The number of rotatable bonds is 5. The lowest BCUT2D eigenvalue weighted by atomic mass is 10.1. The van der Waals surface area contributed by atoms with Crippen LogP contribution >= 0.6 is 0 Å². The molecular formula is C14H21N3O4. The van der Waals surface area contributed by atoms with Crippen LogP contribution in [0.3, 0.4) is 0 Å². The molecule has 1 atom stereocenters. The van der Waals surface area contributed by atoms with Crippen molar-refractivity contribution < 1.29 is 14.7 Å². The van der Waals surface area contributed by atoms with Crippen LogP contribution in [-0.4, -0.2) is 45.0 Å². The average Bonchev–Trinajstić information content (AvgIpc) is 2.41. The molecule has 0 fully saturated rings. The Labute approximate surface area is 123 Å². The van der Waals surface area contributed by atoms with E-state index in [1.165, 1.54) is 9.47 Å². The fraction of sp³-hybridized carbons (Fsp3) is 0.571. The van der Waals surface area contributed by atoms with E-state index < -0.39 is 17.7 Å². The number of aromatic nitrogens is 2. The molecule has 1 amide bonds. The van der Waals surface area contributed by atoms with Crippen LogP contribution in [0.1, 0.15) is 36.8 Å². The third-order valence-electron chi connectivity index (χ3n) is 3.63. The highest BCUT2D eigenvalue weighted by atomic mass is 16.4. The Kier molecular flexibility index (Phi) is 5.23. The van der Waals surface area contributed by atoms with Gasteiger partial charge < -0.3 is 10.0 Å². The molecule has 0 saturated carbocycles. The van der Waals surface area contributed by atoms with Gasteiger partial charge in [0.2, 0.25) is 5.91 Å². The van der Waals surface area contributed by atoms with Crippen molar-refractivity contribution in [1.82, 2.24) is 14.5 Å². The van der Waals surface area contributed by atoms with Crippen LogP contribution in [0.15, 0.2) is 4.79 Å². The predicted molar refractivity (Wildman–Crippen MR) is 77.3 cm³/mol. The Bertz CT molecular complexity index is 621. The Hall–Kier alpha value is -2.18. The monoisotopic (exact) mass is 295 g/mol. The largest absolute Gasteiger partial charge is 0.481 e. The van der Waals surface area contributed by atoms with Crippen LogP contribution in [0, 0.1) is 13.8 Å². The van der Waals surface area contributed by atoms with Gasteiger partial charge in [0.25, 0.3) is 0 Å². The maximum Gasteiger partial charge on any atom is 0.348 e. The van der Waals surface area contributed by atoms with Crippen molar-refractivity contribution in [1.29, 1.82) is 0 Å². The molecule has 1 aromatic rings. The standard InChI is InChI=1S/C14H21N3O4/c1-6-16(5)13(20)10(4)17-9(3)11(7-12(18)19)8(2)15-14(17)21/h10H,6-7H2,1-5H3,(H,18,19). The van der Waals surface area contributed by atoms with Crippen molar-refractivity contribution in [2.45, 2.75) is 40.2 Å².